The molecule has 0 aliphatic heterocycles. The third kappa shape index (κ3) is 3.65. The van der Waals surface area contributed by atoms with E-state index in [0.717, 1.165) is 19.0 Å². The fourth-order valence-electron chi connectivity index (χ4n) is 2.08. The number of rotatable bonds is 6. The maximum atomic E-state index is 12.9. The van der Waals surface area contributed by atoms with Gasteiger partial charge in [-0.15, -0.1) is 11.6 Å². The van der Waals surface area contributed by atoms with Gasteiger partial charge in [0.2, 0.25) is 0 Å². The van der Waals surface area contributed by atoms with Gasteiger partial charge in [-0.3, -0.25) is 0 Å². The Morgan fingerprint density at radius 1 is 1.18 bits per heavy atom. The van der Waals surface area contributed by atoms with E-state index in [4.69, 9.17) is 11.6 Å². The van der Waals surface area contributed by atoms with Crippen LogP contribution < -0.4 is 5.32 Å². The Bertz CT molecular complexity index is 371. The van der Waals surface area contributed by atoms with Crippen LogP contribution in [0.2, 0.25) is 0 Å². The molecular formula is C13H16ClF2N. The van der Waals surface area contributed by atoms with Gasteiger partial charge in [-0.1, -0.05) is 0 Å². The number of benzene rings is 1. The summed E-state index contributed by atoms with van der Waals surface area (Å²) in [6.45, 7) is 1.37. The lowest BCUT2D eigenvalue weighted by Gasteiger charge is -2.14. The van der Waals surface area contributed by atoms with Gasteiger partial charge in [0, 0.05) is 25.0 Å². The summed E-state index contributed by atoms with van der Waals surface area (Å²) in [6, 6.07) is 3.60. The molecule has 0 amide bonds. The highest BCUT2D eigenvalue weighted by molar-refractivity contribution is 6.17. The van der Waals surface area contributed by atoms with Crippen LogP contribution in [-0.2, 0) is 6.54 Å². The lowest BCUT2D eigenvalue weighted by Crippen LogP contribution is -2.24. The van der Waals surface area contributed by atoms with E-state index < -0.39 is 11.6 Å². The SMILES string of the molecule is Fc1cc(F)cc(CNCC2(CCCl)CC2)c1. The summed E-state index contributed by atoms with van der Waals surface area (Å²) in [4.78, 5) is 0. The molecule has 1 aromatic carbocycles. The largest absolute Gasteiger partial charge is 0.312 e. The summed E-state index contributed by atoms with van der Waals surface area (Å²) in [5, 5.41) is 3.25. The van der Waals surface area contributed by atoms with E-state index in [1.807, 2.05) is 0 Å². The van der Waals surface area contributed by atoms with Crippen LogP contribution in [0.4, 0.5) is 8.78 Å². The number of alkyl halides is 1. The summed E-state index contributed by atoms with van der Waals surface area (Å²) in [6.07, 6.45) is 3.41. The van der Waals surface area contributed by atoms with Gasteiger partial charge in [0.15, 0.2) is 0 Å². The van der Waals surface area contributed by atoms with Crippen LogP contribution in [0.25, 0.3) is 0 Å². The molecule has 0 spiro atoms. The van der Waals surface area contributed by atoms with Gasteiger partial charge in [0.25, 0.3) is 0 Å². The van der Waals surface area contributed by atoms with Crippen molar-refractivity contribution in [3.63, 3.8) is 0 Å². The molecule has 17 heavy (non-hydrogen) atoms. The number of hydrogen-bond donors (Lipinski definition) is 1. The topological polar surface area (TPSA) is 12.0 Å². The third-order valence-corrected chi connectivity index (χ3v) is 3.52. The molecule has 1 aliphatic carbocycles. The summed E-state index contributed by atoms with van der Waals surface area (Å²) >= 11 is 5.74. The zero-order valence-corrected chi connectivity index (χ0v) is 10.4. The van der Waals surface area contributed by atoms with E-state index in [9.17, 15) is 8.78 Å². The lowest BCUT2D eigenvalue weighted by atomic mass is 10.0. The number of nitrogens with one attached hydrogen (secondary N) is 1. The van der Waals surface area contributed by atoms with E-state index in [0.29, 0.717) is 23.4 Å². The Balaban J connectivity index is 1.82. The highest BCUT2D eigenvalue weighted by atomic mass is 35.5. The molecule has 1 nitrogen and oxygen atoms in total. The summed E-state index contributed by atoms with van der Waals surface area (Å²) in [7, 11) is 0. The minimum atomic E-state index is -0.524. The molecule has 0 heterocycles. The average molecular weight is 260 g/mol. The third-order valence-electron chi connectivity index (χ3n) is 3.33. The van der Waals surface area contributed by atoms with Crippen LogP contribution in [0, 0.1) is 17.0 Å². The molecule has 0 aromatic heterocycles. The van der Waals surface area contributed by atoms with Crippen molar-refractivity contribution in [2.24, 2.45) is 5.41 Å². The minimum absolute atomic E-state index is 0.341. The second-order valence-corrected chi connectivity index (χ2v) is 5.20. The predicted molar refractivity (Wildman–Crippen MR) is 65.1 cm³/mol. The van der Waals surface area contributed by atoms with E-state index in [1.165, 1.54) is 25.0 Å². The van der Waals surface area contributed by atoms with E-state index >= 15 is 0 Å². The Morgan fingerprint density at radius 2 is 1.82 bits per heavy atom. The van der Waals surface area contributed by atoms with Gasteiger partial charge < -0.3 is 5.32 Å². The quantitative estimate of drug-likeness (QED) is 0.772. The Kier molecular flexibility index (Phi) is 4.00. The fraction of sp³-hybridized carbons (Fsp3) is 0.538. The second-order valence-electron chi connectivity index (χ2n) is 4.82. The Labute approximate surface area is 105 Å². The summed E-state index contributed by atoms with van der Waals surface area (Å²) < 4.78 is 25.9. The Hall–Kier alpha value is -0.670. The molecule has 0 unspecified atom stereocenters. The van der Waals surface area contributed by atoms with Crippen LogP contribution in [0.5, 0.6) is 0 Å². The van der Waals surface area contributed by atoms with Gasteiger partial charge in [0.1, 0.15) is 11.6 Å². The van der Waals surface area contributed by atoms with Crippen molar-refractivity contribution in [1.29, 1.82) is 0 Å². The maximum absolute atomic E-state index is 12.9. The molecule has 0 bridgehead atoms. The van der Waals surface area contributed by atoms with Gasteiger partial charge in [-0.25, -0.2) is 8.78 Å². The Morgan fingerprint density at radius 3 is 2.35 bits per heavy atom. The molecule has 4 heteroatoms. The van der Waals surface area contributed by atoms with Crippen molar-refractivity contribution in [1.82, 2.24) is 5.32 Å². The van der Waals surface area contributed by atoms with E-state index in [1.54, 1.807) is 0 Å². The molecular weight excluding hydrogens is 244 g/mol. The molecule has 1 aromatic rings. The smallest absolute Gasteiger partial charge is 0.126 e. The summed E-state index contributed by atoms with van der Waals surface area (Å²) in [5.74, 6) is -0.372. The monoisotopic (exact) mass is 259 g/mol. The first-order valence-corrected chi connectivity index (χ1v) is 6.39. The summed E-state index contributed by atoms with van der Waals surface area (Å²) in [5.41, 5.74) is 0.984. The molecule has 1 saturated carbocycles. The molecule has 0 saturated heterocycles. The van der Waals surface area contributed by atoms with Gasteiger partial charge in [0.05, 0.1) is 0 Å². The van der Waals surface area contributed by atoms with Crippen molar-refractivity contribution in [3.05, 3.63) is 35.4 Å². The minimum Gasteiger partial charge on any atom is -0.312 e. The van der Waals surface area contributed by atoms with Crippen LogP contribution in [0.1, 0.15) is 24.8 Å². The maximum Gasteiger partial charge on any atom is 0.126 e. The molecule has 0 radical (unpaired) electrons. The normalized spacial score (nSPS) is 17.1. The highest BCUT2D eigenvalue weighted by Gasteiger charge is 2.40. The van der Waals surface area contributed by atoms with Gasteiger partial charge in [-0.2, -0.15) is 0 Å². The fourth-order valence-corrected chi connectivity index (χ4v) is 2.48. The molecule has 94 valence electrons. The van der Waals surface area contributed by atoms with E-state index in [2.05, 4.69) is 5.32 Å². The van der Waals surface area contributed by atoms with Gasteiger partial charge in [-0.05, 0) is 42.4 Å². The van der Waals surface area contributed by atoms with Crippen LogP contribution >= 0.6 is 11.6 Å². The van der Waals surface area contributed by atoms with Crippen LogP contribution in [0.3, 0.4) is 0 Å². The van der Waals surface area contributed by atoms with Crippen LogP contribution in [0.15, 0.2) is 18.2 Å². The first-order valence-electron chi connectivity index (χ1n) is 5.85. The van der Waals surface area contributed by atoms with Crippen LogP contribution in [-0.4, -0.2) is 12.4 Å². The van der Waals surface area contributed by atoms with Crippen molar-refractivity contribution in [2.45, 2.75) is 25.8 Å². The average Bonchev–Trinajstić information content (AvgIpc) is 2.97. The molecule has 1 N–H and O–H groups in total. The van der Waals surface area contributed by atoms with E-state index in [-0.39, 0.29) is 0 Å². The van der Waals surface area contributed by atoms with Crippen molar-refractivity contribution in [3.8, 4) is 0 Å². The number of hydrogen-bond acceptors (Lipinski definition) is 1. The standard InChI is InChI=1S/C13H16ClF2N/c14-4-3-13(1-2-13)9-17-8-10-5-11(15)7-12(16)6-10/h5-7,17H,1-4,8-9H2. The predicted octanol–water partition coefficient (Wildman–Crippen LogP) is 3.46. The number of halogens is 3. The second kappa shape index (κ2) is 5.32. The van der Waals surface area contributed by atoms with Crippen molar-refractivity contribution < 1.29 is 8.78 Å². The zero-order valence-electron chi connectivity index (χ0n) is 9.61. The first kappa shape index (κ1) is 12.8. The van der Waals surface area contributed by atoms with Crippen molar-refractivity contribution >= 4 is 11.6 Å². The molecule has 2 rings (SSSR count). The van der Waals surface area contributed by atoms with Crippen molar-refractivity contribution in [2.75, 3.05) is 12.4 Å². The highest BCUT2D eigenvalue weighted by Crippen LogP contribution is 2.48. The molecule has 1 aliphatic rings. The van der Waals surface area contributed by atoms with Gasteiger partial charge >= 0.3 is 0 Å². The molecule has 1 fully saturated rings. The lowest BCUT2D eigenvalue weighted by molar-refractivity contribution is 0.445. The first-order chi connectivity index (χ1) is 8.13. The molecule has 0 atom stereocenters. The zero-order chi connectivity index (χ0) is 12.3.